The predicted octanol–water partition coefficient (Wildman–Crippen LogP) is 3.73. The van der Waals surface area contributed by atoms with Crippen molar-refractivity contribution < 1.29 is 4.79 Å². The summed E-state index contributed by atoms with van der Waals surface area (Å²) in [6.07, 6.45) is 7.69. The van der Waals surface area contributed by atoms with Crippen molar-refractivity contribution in [2.45, 2.75) is 57.9 Å². The molecular formula is C20H25N3O. The van der Waals surface area contributed by atoms with Crippen LogP contribution in [0.15, 0.2) is 36.7 Å². The molecule has 0 bridgehead atoms. The summed E-state index contributed by atoms with van der Waals surface area (Å²) in [6, 6.07) is 8.66. The molecule has 0 radical (unpaired) electrons. The Hall–Kier alpha value is -2.23. The summed E-state index contributed by atoms with van der Waals surface area (Å²) >= 11 is 0. The van der Waals surface area contributed by atoms with Gasteiger partial charge < -0.3 is 5.32 Å². The summed E-state index contributed by atoms with van der Waals surface area (Å²) in [5, 5.41) is 3.22. The first kappa shape index (κ1) is 16.6. The maximum Gasteiger partial charge on any atom is 0.220 e. The zero-order valence-corrected chi connectivity index (χ0v) is 14.5. The van der Waals surface area contributed by atoms with Crippen LogP contribution in [0.4, 0.5) is 0 Å². The minimum atomic E-state index is 0.0789. The highest BCUT2D eigenvalue weighted by molar-refractivity contribution is 5.76. The quantitative estimate of drug-likeness (QED) is 0.912. The van der Waals surface area contributed by atoms with E-state index in [2.05, 4.69) is 47.3 Å². The van der Waals surface area contributed by atoms with E-state index in [0.29, 0.717) is 18.8 Å². The number of nitrogens with one attached hydrogen (secondary N) is 1. The van der Waals surface area contributed by atoms with Crippen LogP contribution < -0.4 is 5.32 Å². The molecule has 3 rings (SSSR count). The number of aryl methyl sites for hydroxylation is 2. The van der Waals surface area contributed by atoms with E-state index in [1.165, 1.54) is 16.7 Å². The second kappa shape index (κ2) is 7.56. The molecule has 1 atom stereocenters. The Morgan fingerprint density at radius 2 is 2.08 bits per heavy atom. The van der Waals surface area contributed by atoms with Gasteiger partial charge in [0, 0.05) is 25.2 Å². The van der Waals surface area contributed by atoms with Crippen LogP contribution >= 0.6 is 0 Å². The number of rotatable bonds is 5. The Bertz CT molecular complexity index is 697. The van der Waals surface area contributed by atoms with E-state index >= 15 is 0 Å². The average Bonchev–Trinajstić information content (AvgIpc) is 2.61. The van der Waals surface area contributed by atoms with Crippen molar-refractivity contribution in [2.75, 3.05) is 0 Å². The van der Waals surface area contributed by atoms with E-state index in [0.717, 1.165) is 25.1 Å². The molecule has 1 amide bonds. The first-order valence-corrected chi connectivity index (χ1v) is 8.81. The van der Waals surface area contributed by atoms with Gasteiger partial charge in [-0.3, -0.25) is 4.79 Å². The fraction of sp³-hybridized carbons (Fsp3) is 0.450. The van der Waals surface area contributed by atoms with E-state index in [1.807, 2.05) is 0 Å². The minimum Gasteiger partial charge on any atom is -0.349 e. The topological polar surface area (TPSA) is 54.9 Å². The molecule has 0 aliphatic heterocycles. The average molecular weight is 323 g/mol. The molecule has 0 spiro atoms. The van der Waals surface area contributed by atoms with Crippen LogP contribution in [-0.2, 0) is 17.6 Å². The molecule has 1 aromatic carbocycles. The Balaban J connectivity index is 1.65. The SMILES string of the molecule is CC(C)c1ccc2c(c1)[C@H](NC(=O)CCc1ncccn1)CCC2. The van der Waals surface area contributed by atoms with Crippen molar-refractivity contribution in [1.82, 2.24) is 15.3 Å². The normalized spacial score (nSPS) is 16.7. The van der Waals surface area contributed by atoms with Gasteiger partial charge in [-0.1, -0.05) is 32.0 Å². The molecular weight excluding hydrogens is 298 g/mol. The van der Waals surface area contributed by atoms with Crippen molar-refractivity contribution in [3.8, 4) is 0 Å². The number of benzene rings is 1. The summed E-state index contributed by atoms with van der Waals surface area (Å²) in [5.41, 5.74) is 4.02. The molecule has 4 nitrogen and oxygen atoms in total. The first-order valence-electron chi connectivity index (χ1n) is 8.81. The number of nitrogens with zero attached hydrogens (tertiary/aromatic N) is 2. The smallest absolute Gasteiger partial charge is 0.220 e. The molecule has 0 saturated heterocycles. The van der Waals surface area contributed by atoms with E-state index in [9.17, 15) is 4.79 Å². The number of aromatic nitrogens is 2. The van der Waals surface area contributed by atoms with Crippen molar-refractivity contribution >= 4 is 5.91 Å². The Kier molecular flexibility index (Phi) is 5.24. The molecule has 0 saturated carbocycles. The lowest BCUT2D eigenvalue weighted by Crippen LogP contribution is -2.31. The largest absolute Gasteiger partial charge is 0.349 e. The number of amides is 1. The van der Waals surface area contributed by atoms with Gasteiger partial charge in [-0.15, -0.1) is 0 Å². The molecule has 2 aromatic rings. The lowest BCUT2D eigenvalue weighted by atomic mass is 9.85. The maximum absolute atomic E-state index is 12.3. The van der Waals surface area contributed by atoms with E-state index in [-0.39, 0.29) is 11.9 Å². The summed E-state index contributed by atoms with van der Waals surface area (Å²) in [4.78, 5) is 20.7. The van der Waals surface area contributed by atoms with Crippen LogP contribution in [0.1, 0.15) is 67.6 Å². The van der Waals surface area contributed by atoms with Crippen LogP contribution in [-0.4, -0.2) is 15.9 Å². The third kappa shape index (κ3) is 3.99. The lowest BCUT2D eigenvalue weighted by Gasteiger charge is -2.27. The van der Waals surface area contributed by atoms with Gasteiger partial charge in [0.2, 0.25) is 5.91 Å². The van der Waals surface area contributed by atoms with Gasteiger partial charge in [0.25, 0.3) is 0 Å². The highest BCUT2D eigenvalue weighted by Crippen LogP contribution is 2.32. The van der Waals surface area contributed by atoms with Crippen molar-refractivity contribution in [3.05, 3.63) is 59.2 Å². The fourth-order valence-electron chi connectivity index (χ4n) is 3.28. The Labute approximate surface area is 143 Å². The van der Waals surface area contributed by atoms with E-state index < -0.39 is 0 Å². The van der Waals surface area contributed by atoms with Crippen LogP contribution in [0.25, 0.3) is 0 Å². The van der Waals surface area contributed by atoms with Gasteiger partial charge in [-0.25, -0.2) is 9.97 Å². The van der Waals surface area contributed by atoms with Gasteiger partial charge >= 0.3 is 0 Å². The lowest BCUT2D eigenvalue weighted by molar-refractivity contribution is -0.121. The second-order valence-corrected chi connectivity index (χ2v) is 6.79. The second-order valence-electron chi connectivity index (χ2n) is 6.79. The highest BCUT2D eigenvalue weighted by atomic mass is 16.1. The third-order valence-corrected chi connectivity index (χ3v) is 4.68. The zero-order chi connectivity index (χ0) is 16.9. The van der Waals surface area contributed by atoms with Gasteiger partial charge in [0.05, 0.1) is 6.04 Å². The molecule has 1 aliphatic carbocycles. The highest BCUT2D eigenvalue weighted by Gasteiger charge is 2.22. The summed E-state index contributed by atoms with van der Waals surface area (Å²) in [7, 11) is 0. The number of carbonyl (C=O) groups is 1. The van der Waals surface area contributed by atoms with Crippen molar-refractivity contribution in [3.63, 3.8) is 0 Å². The summed E-state index contributed by atoms with van der Waals surface area (Å²) in [5.74, 6) is 1.30. The molecule has 4 heteroatoms. The van der Waals surface area contributed by atoms with Crippen LogP contribution in [0.3, 0.4) is 0 Å². The minimum absolute atomic E-state index is 0.0789. The monoisotopic (exact) mass is 323 g/mol. The van der Waals surface area contributed by atoms with E-state index in [4.69, 9.17) is 0 Å². The first-order chi connectivity index (χ1) is 11.6. The molecule has 1 heterocycles. The summed E-state index contributed by atoms with van der Waals surface area (Å²) in [6.45, 7) is 4.41. The zero-order valence-electron chi connectivity index (χ0n) is 14.5. The Morgan fingerprint density at radius 1 is 1.29 bits per heavy atom. The van der Waals surface area contributed by atoms with Crippen molar-refractivity contribution in [2.24, 2.45) is 0 Å². The van der Waals surface area contributed by atoms with Crippen LogP contribution in [0.2, 0.25) is 0 Å². The molecule has 126 valence electrons. The van der Waals surface area contributed by atoms with Gasteiger partial charge in [0.15, 0.2) is 0 Å². The summed E-state index contributed by atoms with van der Waals surface area (Å²) < 4.78 is 0. The van der Waals surface area contributed by atoms with Crippen LogP contribution in [0.5, 0.6) is 0 Å². The fourth-order valence-corrected chi connectivity index (χ4v) is 3.28. The van der Waals surface area contributed by atoms with Gasteiger partial charge in [-0.2, -0.15) is 0 Å². The van der Waals surface area contributed by atoms with E-state index in [1.54, 1.807) is 18.5 Å². The molecule has 0 unspecified atom stereocenters. The molecule has 1 N–H and O–H groups in total. The van der Waals surface area contributed by atoms with Crippen LogP contribution in [0, 0.1) is 0 Å². The molecule has 24 heavy (non-hydrogen) atoms. The number of fused-ring (bicyclic) bond motifs is 1. The number of carbonyl (C=O) groups excluding carboxylic acids is 1. The maximum atomic E-state index is 12.3. The third-order valence-electron chi connectivity index (χ3n) is 4.68. The predicted molar refractivity (Wildman–Crippen MR) is 94.7 cm³/mol. The Morgan fingerprint density at radius 3 is 2.83 bits per heavy atom. The standard InChI is InChI=1S/C20H25N3O/c1-14(2)16-8-7-15-5-3-6-18(17(15)13-16)23-20(24)10-9-19-21-11-4-12-22-19/h4,7-8,11-14,18H,3,5-6,9-10H2,1-2H3,(H,23,24)/t18-/m1/s1. The molecule has 0 fully saturated rings. The van der Waals surface area contributed by atoms with Gasteiger partial charge in [-0.05, 0) is 47.9 Å². The van der Waals surface area contributed by atoms with Crippen molar-refractivity contribution in [1.29, 1.82) is 0 Å². The number of hydrogen-bond acceptors (Lipinski definition) is 3. The molecule has 1 aliphatic rings. The number of hydrogen-bond donors (Lipinski definition) is 1. The van der Waals surface area contributed by atoms with Gasteiger partial charge in [0.1, 0.15) is 5.82 Å². The molecule has 1 aromatic heterocycles.